The monoisotopic (exact) mass is 516 g/mol. The molecule has 0 atom stereocenters. The van der Waals surface area contributed by atoms with Crippen LogP contribution in [0.25, 0.3) is 11.0 Å². The smallest absolute Gasteiger partial charge is 0.412 e. The molecular formula is C20H17BrN6O6. The van der Waals surface area contributed by atoms with Gasteiger partial charge in [0.15, 0.2) is 6.73 Å². The summed E-state index contributed by atoms with van der Waals surface area (Å²) in [6, 6.07) is 9.99. The highest BCUT2D eigenvalue weighted by atomic mass is 79.9. The Labute approximate surface area is 195 Å². The summed E-state index contributed by atoms with van der Waals surface area (Å²) in [5, 5.41) is 12.7. The Morgan fingerprint density at radius 3 is 2.88 bits per heavy atom. The first-order valence-corrected chi connectivity index (χ1v) is 10.5. The van der Waals surface area contributed by atoms with Crippen LogP contribution in [0.15, 0.2) is 58.3 Å². The van der Waals surface area contributed by atoms with Crippen molar-refractivity contribution in [2.24, 2.45) is 4.99 Å². The molecule has 0 radical (unpaired) electrons. The van der Waals surface area contributed by atoms with Gasteiger partial charge in [-0.05, 0) is 34.1 Å². The van der Waals surface area contributed by atoms with Gasteiger partial charge in [0.05, 0.1) is 22.2 Å². The molecule has 0 unspecified atom stereocenters. The number of para-hydroxylation sites is 1. The van der Waals surface area contributed by atoms with Crippen molar-refractivity contribution in [3.63, 3.8) is 0 Å². The third kappa shape index (κ3) is 5.44. The lowest BCUT2D eigenvalue weighted by molar-refractivity contribution is -0.763. The van der Waals surface area contributed by atoms with Crippen LogP contribution in [0, 0.1) is 10.1 Å². The number of halogens is 1. The van der Waals surface area contributed by atoms with Crippen molar-refractivity contribution >= 4 is 44.8 Å². The van der Waals surface area contributed by atoms with Crippen molar-refractivity contribution in [3.05, 3.63) is 68.9 Å². The molecule has 3 aromatic rings. The van der Waals surface area contributed by atoms with Gasteiger partial charge >= 0.3 is 6.16 Å². The lowest BCUT2D eigenvalue weighted by Gasteiger charge is -2.21. The Morgan fingerprint density at radius 2 is 2.03 bits per heavy atom. The molecule has 0 fully saturated rings. The lowest BCUT2D eigenvalue weighted by atomic mass is 10.2. The number of carbonyl (C=O) groups excluding carboxylic acids is 1. The summed E-state index contributed by atoms with van der Waals surface area (Å²) < 4.78 is 11.1. The van der Waals surface area contributed by atoms with Crippen LogP contribution in [0.1, 0.15) is 5.56 Å². The van der Waals surface area contributed by atoms with Crippen molar-refractivity contribution < 1.29 is 24.2 Å². The standard InChI is InChI=1S/C20H17BrN6O6/c21-17-14(5-6-15-18(17)23-8-7-22-15)25-19-24-9-10-26(19)12-31-20(28)33-16-4-2-1-3-13(16)11-32-27(29)30/h1-8H,9-12H2,(H,24,25). The number of hydrogen-bond acceptors (Lipinski definition) is 11. The minimum absolute atomic E-state index is 0.108. The van der Waals surface area contributed by atoms with E-state index in [1.807, 2.05) is 12.1 Å². The largest absolute Gasteiger partial charge is 0.515 e. The second-order valence-electron chi connectivity index (χ2n) is 6.68. The third-order valence-corrected chi connectivity index (χ3v) is 5.39. The number of nitrogens with zero attached hydrogens (tertiary/aromatic N) is 5. The van der Waals surface area contributed by atoms with Crippen molar-refractivity contribution in [1.82, 2.24) is 14.9 Å². The van der Waals surface area contributed by atoms with E-state index in [4.69, 9.17) is 9.47 Å². The van der Waals surface area contributed by atoms with Gasteiger partial charge in [0.1, 0.15) is 17.9 Å². The highest BCUT2D eigenvalue weighted by Gasteiger charge is 2.21. The number of benzene rings is 2. The van der Waals surface area contributed by atoms with Crippen molar-refractivity contribution in [1.29, 1.82) is 0 Å². The van der Waals surface area contributed by atoms with Crippen molar-refractivity contribution in [3.8, 4) is 5.75 Å². The maximum absolute atomic E-state index is 12.2. The van der Waals surface area contributed by atoms with Gasteiger partial charge in [-0.15, -0.1) is 10.1 Å². The molecule has 2 heterocycles. The Kier molecular flexibility index (Phi) is 6.78. The van der Waals surface area contributed by atoms with E-state index >= 15 is 0 Å². The minimum atomic E-state index is -0.961. The zero-order valence-corrected chi connectivity index (χ0v) is 18.6. The molecule has 33 heavy (non-hydrogen) atoms. The predicted molar refractivity (Wildman–Crippen MR) is 120 cm³/mol. The molecule has 0 saturated carbocycles. The second-order valence-corrected chi connectivity index (χ2v) is 7.47. The van der Waals surface area contributed by atoms with Gasteiger partial charge in [-0.25, -0.2) is 4.79 Å². The van der Waals surface area contributed by atoms with E-state index in [0.29, 0.717) is 30.1 Å². The number of rotatable bonds is 7. The maximum atomic E-state index is 12.2. The first kappa shape index (κ1) is 22.2. The topological polar surface area (TPSA) is 141 Å². The summed E-state index contributed by atoms with van der Waals surface area (Å²) in [5.74, 6) is 0.630. The van der Waals surface area contributed by atoms with Gasteiger partial charge in [-0.1, -0.05) is 18.2 Å². The fourth-order valence-corrected chi connectivity index (χ4v) is 3.58. The summed E-state index contributed by atoms with van der Waals surface area (Å²) in [6.45, 7) is 0.595. The molecule has 0 amide bonds. The number of carbonyl (C=O) groups is 1. The van der Waals surface area contributed by atoms with E-state index in [1.165, 1.54) is 6.07 Å². The van der Waals surface area contributed by atoms with Gasteiger partial charge in [-0.3, -0.25) is 15.0 Å². The summed E-state index contributed by atoms with van der Waals surface area (Å²) in [7, 11) is 0. The van der Waals surface area contributed by atoms with Gasteiger partial charge < -0.3 is 24.5 Å². The number of guanidine groups is 1. The number of aromatic nitrogens is 2. The van der Waals surface area contributed by atoms with Crippen molar-refractivity contribution in [2.75, 3.05) is 25.1 Å². The Balaban J connectivity index is 1.36. The molecule has 1 aliphatic rings. The van der Waals surface area contributed by atoms with Gasteiger partial charge in [-0.2, -0.15) is 0 Å². The third-order valence-electron chi connectivity index (χ3n) is 4.59. The van der Waals surface area contributed by atoms with Crippen LogP contribution in [0.4, 0.5) is 10.5 Å². The fourth-order valence-electron chi connectivity index (χ4n) is 3.04. The molecule has 0 bridgehead atoms. The molecule has 0 aliphatic carbocycles. The number of nitrogens with one attached hydrogen (secondary N) is 1. The van der Waals surface area contributed by atoms with Gasteiger partial charge in [0.25, 0.3) is 5.09 Å². The summed E-state index contributed by atoms with van der Waals surface area (Å²) in [4.78, 5) is 41.7. The summed E-state index contributed by atoms with van der Waals surface area (Å²) >= 11 is 3.54. The van der Waals surface area contributed by atoms with Gasteiger partial charge in [0.2, 0.25) is 5.96 Å². The fraction of sp³-hybridized carbons (Fsp3) is 0.200. The molecule has 0 spiro atoms. The minimum Gasteiger partial charge on any atom is -0.412 e. The zero-order valence-electron chi connectivity index (χ0n) is 17.0. The molecule has 13 heteroatoms. The summed E-state index contributed by atoms with van der Waals surface area (Å²) in [5.41, 5.74) is 2.51. The molecule has 1 N–H and O–H groups in total. The van der Waals surface area contributed by atoms with E-state index in [-0.39, 0.29) is 19.1 Å². The van der Waals surface area contributed by atoms with E-state index in [0.717, 1.165) is 15.7 Å². The highest BCUT2D eigenvalue weighted by molar-refractivity contribution is 9.10. The molecule has 1 aromatic heterocycles. The number of fused-ring (bicyclic) bond motifs is 1. The predicted octanol–water partition coefficient (Wildman–Crippen LogP) is 3.36. The molecule has 170 valence electrons. The van der Waals surface area contributed by atoms with E-state index in [1.54, 1.807) is 35.5 Å². The van der Waals surface area contributed by atoms with Crippen LogP contribution < -0.4 is 10.1 Å². The molecule has 1 aliphatic heterocycles. The average molecular weight is 517 g/mol. The Morgan fingerprint density at radius 1 is 1.21 bits per heavy atom. The Bertz CT molecular complexity index is 1220. The number of ether oxygens (including phenoxy) is 2. The number of aliphatic imine (C=N–C) groups is 1. The molecule has 4 rings (SSSR count). The molecule has 12 nitrogen and oxygen atoms in total. The molecule has 2 aromatic carbocycles. The van der Waals surface area contributed by atoms with Crippen LogP contribution in [0.5, 0.6) is 5.75 Å². The lowest BCUT2D eigenvalue weighted by Crippen LogP contribution is -2.36. The van der Waals surface area contributed by atoms with Crippen LogP contribution in [-0.4, -0.2) is 51.9 Å². The second kappa shape index (κ2) is 10.1. The summed E-state index contributed by atoms with van der Waals surface area (Å²) in [6.07, 6.45) is 2.27. The SMILES string of the molecule is O=C(OCN1CCN=C1Nc1ccc2nccnc2c1Br)Oc1ccccc1CO[N+](=O)[O-]. The van der Waals surface area contributed by atoms with Crippen LogP contribution in [0.3, 0.4) is 0 Å². The van der Waals surface area contributed by atoms with Crippen LogP contribution in [0.2, 0.25) is 0 Å². The van der Waals surface area contributed by atoms with Crippen LogP contribution >= 0.6 is 15.9 Å². The van der Waals surface area contributed by atoms with Crippen molar-refractivity contribution in [2.45, 2.75) is 6.61 Å². The van der Waals surface area contributed by atoms with Crippen LogP contribution in [-0.2, 0) is 16.2 Å². The highest BCUT2D eigenvalue weighted by Crippen LogP contribution is 2.29. The number of anilines is 1. The normalized spacial score (nSPS) is 12.9. The van der Waals surface area contributed by atoms with Gasteiger partial charge in [0, 0.05) is 24.5 Å². The first-order valence-electron chi connectivity index (χ1n) is 9.66. The molecule has 0 saturated heterocycles. The van der Waals surface area contributed by atoms with E-state index < -0.39 is 11.2 Å². The Hall–Kier alpha value is -4.00. The average Bonchev–Trinajstić information content (AvgIpc) is 3.26. The molecular weight excluding hydrogens is 500 g/mol. The van der Waals surface area contributed by atoms with E-state index in [2.05, 4.69) is 41.0 Å². The number of hydrogen-bond donors (Lipinski definition) is 1. The maximum Gasteiger partial charge on any atom is 0.515 e. The quantitative estimate of drug-likeness (QED) is 0.215. The zero-order chi connectivity index (χ0) is 23.2. The first-order chi connectivity index (χ1) is 16.0. The van der Waals surface area contributed by atoms with E-state index in [9.17, 15) is 14.9 Å².